The molecule has 0 radical (unpaired) electrons. The van der Waals surface area contributed by atoms with Gasteiger partial charge in [-0.05, 0) is 79.2 Å². The number of nitrogens with zero attached hydrogens (tertiary/aromatic N) is 3. The number of rotatable bonds is 15. The number of esters is 1. The summed E-state index contributed by atoms with van der Waals surface area (Å²) >= 11 is 0. The van der Waals surface area contributed by atoms with Crippen molar-refractivity contribution in [2.45, 2.75) is 58.3 Å². The molecular formula is C34H37N3O4. The average molecular weight is 552 g/mol. The first-order valence-electron chi connectivity index (χ1n) is 14.4. The zero-order valence-corrected chi connectivity index (χ0v) is 23.6. The van der Waals surface area contributed by atoms with Crippen LogP contribution in [0.25, 0.3) is 5.69 Å². The molecule has 0 aliphatic rings. The average Bonchev–Trinajstić information content (AvgIpc) is 3.01. The van der Waals surface area contributed by atoms with Crippen molar-refractivity contribution in [3.05, 3.63) is 113 Å². The van der Waals surface area contributed by atoms with Crippen LogP contribution in [0.15, 0.2) is 112 Å². The molecule has 4 aromatic rings. The van der Waals surface area contributed by atoms with Gasteiger partial charge in [0.15, 0.2) is 5.43 Å². The largest absolute Gasteiger partial charge is 0.494 e. The Hall–Kier alpha value is -4.52. The summed E-state index contributed by atoms with van der Waals surface area (Å²) in [5.41, 5.74) is 2.66. The molecule has 0 fully saturated rings. The molecule has 1 aromatic heterocycles. The molecule has 0 spiro atoms. The second-order valence-corrected chi connectivity index (χ2v) is 9.89. The predicted molar refractivity (Wildman–Crippen MR) is 162 cm³/mol. The van der Waals surface area contributed by atoms with Gasteiger partial charge in [-0.1, -0.05) is 51.9 Å². The minimum Gasteiger partial charge on any atom is -0.494 e. The molecule has 1 heterocycles. The lowest BCUT2D eigenvalue weighted by molar-refractivity contribution is 0.0734. The topological polar surface area (TPSA) is 82.2 Å². The van der Waals surface area contributed by atoms with Crippen LogP contribution >= 0.6 is 0 Å². The van der Waals surface area contributed by atoms with Crippen LogP contribution in [0.1, 0.15) is 68.6 Å². The Balaban J connectivity index is 1.19. The summed E-state index contributed by atoms with van der Waals surface area (Å²) in [5, 5.41) is 8.52. The Bertz CT molecular complexity index is 1420. The number of pyridine rings is 1. The lowest BCUT2D eigenvalue weighted by Crippen LogP contribution is -2.08. The Labute approximate surface area is 241 Å². The van der Waals surface area contributed by atoms with Crippen LogP contribution in [0.2, 0.25) is 0 Å². The number of aromatic nitrogens is 1. The number of carbonyl (C=O) groups is 1. The van der Waals surface area contributed by atoms with Crippen molar-refractivity contribution in [3.63, 3.8) is 0 Å². The summed E-state index contributed by atoms with van der Waals surface area (Å²) < 4.78 is 13.2. The third kappa shape index (κ3) is 9.87. The fraction of sp³-hybridized carbons (Fsp3) is 0.294. The van der Waals surface area contributed by atoms with Gasteiger partial charge in [0.1, 0.15) is 11.5 Å². The number of carbonyl (C=O) groups excluding carboxylic acids is 1. The lowest BCUT2D eigenvalue weighted by atomic mass is 10.1. The molecule has 212 valence electrons. The molecule has 0 amide bonds. The zero-order valence-electron chi connectivity index (χ0n) is 23.6. The Morgan fingerprint density at radius 2 is 1.20 bits per heavy atom. The third-order valence-corrected chi connectivity index (χ3v) is 6.63. The number of hydrogen-bond acceptors (Lipinski definition) is 6. The van der Waals surface area contributed by atoms with E-state index in [1.54, 1.807) is 60.9 Å². The standard InChI is InChI=1S/C34H37N3O4/c1-2-3-4-5-6-7-8-9-26-40-32-18-10-27(11-19-32)34(39)41-33-20-14-29(15-21-33)36-35-28-12-16-30(17-13-28)37-24-22-31(38)23-25-37/h10-25H,2-9,26H2,1H3. The zero-order chi connectivity index (χ0) is 28.7. The van der Waals surface area contributed by atoms with Gasteiger partial charge in [0.05, 0.1) is 23.5 Å². The molecule has 0 bridgehead atoms. The van der Waals surface area contributed by atoms with E-state index in [9.17, 15) is 9.59 Å². The number of hydrogen-bond donors (Lipinski definition) is 0. The van der Waals surface area contributed by atoms with Crippen molar-refractivity contribution in [1.29, 1.82) is 0 Å². The number of azo groups is 1. The van der Waals surface area contributed by atoms with E-state index < -0.39 is 5.97 Å². The maximum absolute atomic E-state index is 12.6. The van der Waals surface area contributed by atoms with Crippen molar-refractivity contribution in [1.82, 2.24) is 4.57 Å². The van der Waals surface area contributed by atoms with Gasteiger partial charge in [-0.2, -0.15) is 10.2 Å². The first-order valence-corrected chi connectivity index (χ1v) is 14.4. The van der Waals surface area contributed by atoms with Gasteiger partial charge in [0.2, 0.25) is 0 Å². The number of benzene rings is 3. The van der Waals surface area contributed by atoms with E-state index in [1.807, 2.05) is 28.8 Å². The van der Waals surface area contributed by atoms with E-state index in [4.69, 9.17) is 9.47 Å². The third-order valence-electron chi connectivity index (χ3n) is 6.63. The molecule has 0 aliphatic heterocycles. The van der Waals surface area contributed by atoms with E-state index in [1.165, 1.54) is 57.1 Å². The van der Waals surface area contributed by atoms with Crippen LogP contribution in [-0.4, -0.2) is 17.1 Å². The fourth-order valence-corrected chi connectivity index (χ4v) is 4.25. The molecule has 41 heavy (non-hydrogen) atoms. The summed E-state index contributed by atoms with van der Waals surface area (Å²) in [6, 6.07) is 24.4. The normalized spacial score (nSPS) is 11.0. The Morgan fingerprint density at radius 1 is 0.659 bits per heavy atom. The second-order valence-electron chi connectivity index (χ2n) is 9.89. The summed E-state index contributed by atoms with van der Waals surface area (Å²) in [5.74, 6) is 0.747. The highest BCUT2D eigenvalue weighted by molar-refractivity contribution is 5.91. The van der Waals surface area contributed by atoms with Gasteiger partial charge in [0.25, 0.3) is 0 Å². The van der Waals surface area contributed by atoms with E-state index in [2.05, 4.69) is 17.2 Å². The van der Waals surface area contributed by atoms with Gasteiger partial charge in [-0.15, -0.1) is 0 Å². The molecule has 3 aromatic carbocycles. The molecule has 0 unspecified atom stereocenters. The summed E-state index contributed by atoms with van der Waals surface area (Å²) in [6.45, 7) is 2.92. The summed E-state index contributed by atoms with van der Waals surface area (Å²) in [7, 11) is 0. The first-order chi connectivity index (χ1) is 20.1. The number of ether oxygens (including phenoxy) is 2. The van der Waals surface area contributed by atoms with E-state index >= 15 is 0 Å². The molecule has 0 aliphatic carbocycles. The monoisotopic (exact) mass is 551 g/mol. The minimum absolute atomic E-state index is 0.0315. The van der Waals surface area contributed by atoms with E-state index in [0.29, 0.717) is 29.3 Å². The fourth-order valence-electron chi connectivity index (χ4n) is 4.25. The van der Waals surface area contributed by atoms with Crippen LogP contribution in [0, 0.1) is 0 Å². The van der Waals surface area contributed by atoms with Gasteiger partial charge < -0.3 is 14.0 Å². The first kappa shape index (κ1) is 29.5. The van der Waals surface area contributed by atoms with Crippen LogP contribution in [0.4, 0.5) is 11.4 Å². The summed E-state index contributed by atoms with van der Waals surface area (Å²) in [4.78, 5) is 23.9. The SMILES string of the molecule is CCCCCCCCCCOc1ccc(C(=O)Oc2ccc(N=Nc3ccc(-n4ccc(=O)cc4)cc3)cc2)cc1. The van der Waals surface area contributed by atoms with E-state index in [0.717, 1.165) is 17.9 Å². The Morgan fingerprint density at radius 3 is 1.80 bits per heavy atom. The van der Waals surface area contributed by atoms with Crippen LogP contribution in [0.5, 0.6) is 11.5 Å². The van der Waals surface area contributed by atoms with Gasteiger partial charge in [-0.25, -0.2) is 4.79 Å². The molecule has 0 atom stereocenters. The van der Waals surface area contributed by atoms with Crippen LogP contribution in [0.3, 0.4) is 0 Å². The van der Waals surface area contributed by atoms with Crippen LogP contribution < -0.4 is 14.9 Å². The van der Waals surface area contributed by atoms with Crippen molar-refractivity contribution in [2.75, 3.05) is 6.61 Å². The number of unbranched alkanes of at least 4 members (excludes halogenated alkanes) is 7. The highest BCUT2D eigenvalue weighted by Crippen LogP contribution is 2.23. The molecule has 0 saturated heterocycles. The van der Waals surface area contributed by atoms with Crippen molar-refractivity contribution in [3.8, 4) is 17.2 Å². The molecule has 0 saturated carbocycles. The quantitative estimate of drug-likeness (QED) is 0.0639. The highest BCUT2D eigenvalue weighted by Gasteiger charge is 2.09. The molecule has 7 nitrogen and oxygen atoms in total. The predicted octanol–water partition coefficient (Wildman–Crippen LogP) is 8.99. The van der Waals surface area contributed by atoms with Gasteiger partial charge in [-0.3, -0.25) is 4.79 Å². The smallest absolute Gasteiger partial charge is 0.343 e. The Kier molecular flexibility index (Phi) is 11.4. The molecule has 7 heteroatoms. The second kappa shape index (κ2) is 15.9. The molecular weight excluding hydrogens is 514 g/mol. The summed E-state index contributed by atoms with van der Waals surface area (Å²) in [6.07, 6.45) is 13.5. The maximum atomic E-state index is 12.6. The van der Waals surface area contributed by atoms with Gasteiger partial charge >= 0.3 is 5.97 Å². The van der Waals surface area contributed by atoms with E-state index in [-0.39, 0.29) is 5.43 Å². The maximum Gasteiger partial charge on any atom is 0.343 e. The van der Waals surface area contributed by atoms with Crippen molar-refractivity contribution in [2.24, 2.45) is 10.2 Å². The lowest BCUT2D eigenvalue weighted by Gasteiger charge is -2.08. The van der Waals surface area contributed by atoms with Crippen LogP contribution in [-0.2, 0) is 0 Å². The molecule has 0 N–H and O–H groups in total. The van der Waals surface area contributed by atoms with Gasteiger partial charge in [0, 0.05) is 30.2 Å². The van der Waals surface area contributed by atoms with Crippen molar-refractivity contribution >= 4 is 17.3 Å². The minimum atomic E-state index is -0.433. The molecule has 4 rings (SSSR count). The highest BCUT2D eigenvalue weighted by atomic mass is 16.5. The van der Waals surface area contributed by atoms with Crippen molar-refractivity contribution < 1.29 is 14.3 Å².